The first-order valence-electron chi connectivity index (χ1n) is 5.55. The zero-order chi connectivity index (χ0) is 11.8. The van der Waals surface area contributed by atoms with Gasteiger partial charge in [0.25, 0.3) is 0 Å². The number of esters is 1. The number of hydrogen-bond donors (Lipinski definition) is 1. The molecule has 2 fully saturated rings. The van der Waals surface area contributed by atoms with E-state index in [-0.39, 0.29) is 18.8 Å². The molecule has 88 valence electrons. The Balaban J connectivity index is 2.17. The van der Waals surface area contributed by atoms with Crippen LogP contribution in [0.25, 0.3) is 0 Å². The van der Waals surface area contributed by atoms with E-state index in [1.807, 2.05) is 0 Å². The van der Waals surface area contributed by atoms with E-state index in [1.165, 1.54) is 0 Å². The topological polar surface area (TPSA) is 79.5 Å². The molecule has 0 radical (unpaired) electrons. The number of rotatable bonds is 3. The number of fused-ring (bicyclic) bond motifs is 2. The standard InChI is InChI=1S/C11H15NO4/c1-2-15-10(14)9(13)11(6-12)5-7-3-4-8(11)16-7/h7-9,13H,2-5H2,1H3. The molecule has 2 heterocycles. The van der Waals surface area contributed by atoms with Gasteiger partial charge >= 0.3 is 5.97 Å². The normalized spacial score (nSPS) is 38.1. The first kappa shape index (κ1) is 11.4. The molecule has 0 aromatic carbocycles. The SMILES string of the molecule is CCOC(=O)C(O)C1(C#N)CC2CCC1O2. The minimum Gasteiger partial charge on any atom is -0.464 e. The summed E-state index contributed by atoms with van der Waals surface area (Å²) in [5.74, 6) is -0.722. The number of carbonyl (C=O) groups excluding carboxylic acids is 1. The third-order valence-corrected chi connectivity index (χ3v) is 3.45. The Morgan fingerprint density at radius 2 is 2.50 bits per heavy atom. The number of nitriles is 1. The van der Waals surface area contributed by atoms with Crippen LogP contribution in [0.2, 0.25) is 0 Å². The Kier molecular flexibility index (Phi) is 2.87. The van der Waals surface area contributed by atoms with E-state index in [1.54, 1.807) is 6.92 Å². The Labute approximate surface area is 94.0 Å². The Bertz CT molecular complexity index is 337. The Morgan fingerprint density at radius 3 is 2.94 bits per heavy atom. The minimum atomic E-state index is -1.40. The predicted molar refractivity (Wildman–Crippen MR) is 53.2 cm³/mol. The molecule has 0 amide bonds. The van der Waals surface area contributed by atoms with Crippen LogP contribution in [0, 0.1) is 16.7 Å². The number of nitrogens with zero attached hydrogens (tertiary/aromatic N) is 1. The van der Waals surface area contributed by atoms with Crippen LogP contribution in [0.4, 0.5) is 0 Å². The lowest BCUT2D eigenvalue weighted by Gasteiger charge is -2.31. The number of hydrogen-bond acceptors (Lipinski definition) is 5. The van der Waals surface area contributed by atoms with Crippen LogP contribution in [0.1, 0.15) is 26.2 Å². The van der Waals surface area contributed by atoms with Gasteiger partial charge in [-0.15, -0.1) is 0 Å². The molecule has 0 aromatic heterocycles. The summed E-state index contributed by atoms with van der Waals surface area (Å²) in [6, 6.07) is 2.07. The van der Waals surface area contributed by atoms with Gasteiger partial charge in [0.15, 0.2) is 6.10 Å². The maximum atomic E-state index is 11.5. The monoisotopic (exact) mass is 225 g/mol. The number of aliphatic hydroxyl groups is 1. The zero-order valence-electron chi connectivity index (χ0n) is 9.18. The van der Waals surface area contributed by atoms with Gasteiger partial charge in [-0.2, -0.15) is 5.26 Å². The zero-order valence-corrected chi connectivity index (χ0v) is 9.18. The van der Waals surface area contributed by atoms with Gasteiger partial charge in [0.05, 0.1) is 24.9 Å². The van der Waals surface area contributed by atoms with Crippen LogP contribution in [0.5, 0.6) is 0 Å². The molecule has 4 atom stereocenters. The van der Waals surface area contributed by atoms with E-state index >= 15 is 0 Å². The fourth-order valence-corrected chi connectivity index (χ4v) is 2.64. The largest absolute Gasteiger partial charge is 0.464 e. The Morgan fingerprint density at radius 1 is 1.75 bits per heavy atom. The van der Waals surface area contributed by atoms with Gasteiger partial charge in [0, 0.05) is 0 Å². The molecule has 0 spiro atoms. The second kappa shape index (κ2) is 4.04. The van der Waals surface area contributed by atoms with E-state index in [2.05, 4.69) is 6.07 Å². The molecule has 4 unspecified atom stereocenters. The van der Waals surface area contributed by atoms with Gasteiger partial charge in [0.1, 0.15) is 5.41 Å². The quantitative estimate of drug-likeness (QED) is 0.702. The van der Waals surface area contributed by atoms with Gasteiger partial charge in [0.2, 0.25) is 0 Å². The second-order valence-corrected chi connectivity index (χ2v) is 4.33. The molecule has 5 heteroatoms. The average Bonchev–Trinajstić information content (AvgIpc) is 2.88. The lowest BCUT2D eigenvalue weighted by molar-refractivity contribution is -0.160. The maximum absolute atomic E-state index is 11.5. The highest BCUT2D eigenvalue weighted by Crippen LogP contribution is 2.49. The molecule has 2 bridgehead atoms. The highest BCUT2D eigenvalue weighted by molar-refractivity contribution is 5.76. The van der Waals surface area contributed by atoms with Crippen LogP contribution in [-0.2, 0) is 14.3 Å². The molecule has 2 saturated heterocycles. The van der Waals surface area contributed by atoms with Crippen LogP contribution in [-0.4, -0.2) is 36.0 Å². The van der Waals surface area contributed by atoms with Crippen LogP contribution < -0.4 is 0 Å². The molecular formula is C11H15NO4. The molecule has 0 aliphatic carbocycles. The molecule has 5 nitrogen and oxygen atoms in total. The first-order chi connectivity index (χ1) is 7.64. The van der Waals surface area contributed by atoms with E-state index in [0.29, 0.717) is 6.42 Å². The summed E-state index contributed by atoms with van der Waals surface area (Å²) in [5, 5.41) is 19.2. The van der Waals surface area contributed by atoms with Crippen LogP contribution >= 0.6 is 0 Å². The van der Waals surface area contributed by atoms with Crippen molar-refractivity contribution in [1.82, 2.24) is 0 Å². The van der Waals surface area contributed by atoms with Crippen LogP contribution in [0.3, 0.4) is 0 Å². The second-order valence-electron chi connectivity index (χ2n) is 4.33. The number of carbonyl (C=O) groups is 1. The molecule has 2 aliphatic heterocycles. The molecule has 2 aliphatic rings. The van der Waals surface area contributed by atoms with E-state index < -0.39 is 17.5 Å². The summed E-state index contributed by atoms with van der Waals surface area (Å²) < 4.78 is 10.3. The third kappa shape index (κ3) is 1.49. The first-order valence-corrected chi connectivity index (χ1v) is 5.55. The van der Waals surface area contributed by atoms with Gasteiger partial charge in [-0.1, -0.05) is 0 Å². The highest BCUT2D eigenvalue weighted by Gasteiger charge is 2.59. The minimum absolute atomic E-state index is 0.00808. The highest BCUT2D eigenvalue weighted by atomic mass is 16.5. The van der Waals surface area contributed by atoms with Crippen molar-refractivity contribution in [3.05, 3.63) is 0 Å². The van der Waals surface area contributed by atoms with Crippen molar-refractivity contribution in [1.29, 1.82) is 5.26 Å². The molecule has 16 heavy (non-hydrogen) atoms. The molecule has 1 N–H and O–H groups in total. The predicted octanol–water partition coefficient (Wildman–Crippen LogP) is 0.372. The van der Waals surface area contributed by atoms with Crippen molar-refractivity contribution in [2.24, 2.45) is 5.41 Å². The van der Waals surface area contributed by atoms with Crippen molar-refractivity contribution in [2.75, 3.05) is 6.61 Å². The maximum Gasteiger partial charge on any atom is 0.336 e. The number of aliphatic hydroxyl groups excluding tert-OH is 1. The van der Waals surface area contributed by atoms with Crippen molar-refractivity contribution in [3.63, 3.8) is 0 Å². The molecule has 0 saturated carbocycles. The van der Waals surface area contributed by atoms with Gasteiger partial charge in [-0.3, -0.25) is 0 Å². The summed E-state index contributed by atoms with van der Waals surface area (Å²) in [6.07, 6.45) is 0.343. The molecule has 2 rings (SSSR count). The van der Waals surface area contributed by atoms with Gasteiger partial charge in [-0.25, -0.2) is 4.79 Å². The van der Waals surface area contributed by atoms with Gasteiger partial charge < -0.3 is 14.6 Å². The lowest BCUT2D eigenvalue weighted by Crippen LogP contribution is -2.47. The molecule has 0 aromatic rings. The van der Waals surface area contributed by atoms with E-state index in [0.717, 1.165) is 12.8 Å². The van der Waals surface area contributed by atoms with E-state index in [9.17, 15) is 15.2 Å². The smallest absolute Gasteiger partial charge is 0.336 e. The summed E-state index contributed by atoms with van der Waals surface area (Å²) in [5.41, 5.74) is -1.10. The van der Waals surface area contributed by atoms with Crippen molar-refractivity contribution in [2.45, 2.75) is 44.5 Å². The average molecular weight is 225 g/mol. The summed E-state index contributed by atoms with van der Waals surface area (Å²) in [7, 11) is 0. The fourth-order valence-electron chi connectivity index (χ4n) is 2.64. The number of ether oxygens (including phenoxy) is 2. The lowest BCUT2D eigenvalue weighted by atomic mass is 9.71. The van der Waals surface area contributed by atoms with Gasteiger partial charge in [-0.05, 0) is 26.2 Å². The fraction of sp³-hybridized carbons (Fsp3) is 0.818. The molecular weight excluding hydrogens is 210 g/mol. The van der Waals surface area contributed by atoms with Crippen LogP contribution in [0.15, 0.2) is 0 Å². The van der Waals surface area contributed by atoms with Crippen molar-refractivity contribution < 1.29 is 19.4 Å². The Hall–Kier alpha value is -1.12. The van der Waals surface area contributed by atoms with E-state index in [4.69, 9.17) is 9.47 Å². The summed E-state index contributed by atoms with van der Waals surface area (Å²) in [6.45, 7) is 1.87. The third-order valence-electron chi connectivity index (χ3n) is 3.45. The summed E-state index contributed by atoms with van der Waals surface area (Å²) >= 11 is 0. The summed E-state index contributed by atoms with van der Waals surface area (Å²) in [4.78, 5) is 11.5. The van der Waals surface area contributed by atoms with Crippen molar-refractivity contribution in [3.8, 4) is 6.07 Å². The van der Waals surface area contributed by atoms with Crippen molar-refractivity contribution >= 4 is 5.97 Å².